The molecule has 0 atom stereocenters. The van der Waals surface area contributed by atoms with Gasteiger partial charge in [-0.3, -0.25) is 9.59 Å². The zero-order valence-corrected chi connectivity index (χ0v) is 12.8. The van der Waals surface area contributed by atoms with E-state index in [-0.39, 0.29) is 24.2 Å². The first kappa shape index (κ1) is 15.2. The van der Waals surface area contributed by atoms with E-state index in [1.807, 2.05) is 6.07 Å². The lowest BCUT2D eigenvalue weighted by Gasteiger charge is -2.29. The molecule has 2 aromatic rings. The van der Waals surface area contributed by atoms with Crippen molar-refractivity contribution in [1.29, 1.82) is 0 Å². The van der Waals surface area contributed by atoms with Crippen molar-refractivity contribution in [2.75, 3.05) is 11.9 Å². The molecule has 0 spiro atoms. The first-order chi connectivity index (χ1) is 11.0. The number of carbonyl (C=O) groups excluding carboxylic acids is 2. The molecule has 2 amide bonds. The van der Waals surface area contributed by atoms with E-state index in [0.717, 1.165) is 5.56 Å². The summed E-state index contributed by atoms with van der Waals surface area (Å²) in [4.78, 5) is 25.2. The molecule has 0 aliphatic carbocycles. The zero-order chi connectivity index (χ0) is 16.4. The Balaban J connectivity index is 1.76. The minimum Gasteiger partial charge on any atom is -0.334 e. The van der Waals surface area contributed by atoms with Crippen LogP contribution in [-0.4, -0.2) is 23.3 Å². The van der Waals surface area contributed by atoms with E-state index in [4.69, 9.17) is 0 Å². The van der Waals surface area contributed by atoms with E-state index >= 15 is 0 Å². The van der Waals surface area contributed by atoms with Crippen molar-refractivity contribution in [1.82, 2.24) is 4.90 Å². The fourth-order valence-corrected chi connectivity index (χ4v) is 2.80. The number of hydrogen-bond donors (Lipinski definition) is 1. The fourth-order valence-electron chi connectivity index (χ4n) is 2.80. The molecule has 1 heterocycles. The number of anilines is 1. The Kier molecular flexibility index (Phi) is 4.10. The summed E-state index contributed by atoms with van der Waals surface area (Å²) in [6.45, 7) is 2.29. The zero-order valence-electron chi connectivity index (χ0n) is 12.8. The van der Waals surface area contributed by atoms with Gasteiger partial charge in [0.05, 0.1) is 0 Å². The van der Waals surface area contributed by atoms with Crippen LogP contribution in [0.2, 0.25) is 0 Å². The largest absolute Gasteiger partial charge is 0.334 e. The Morgan fingerprint density at radius 2 is 1.87 bits per heavy atom. The fraction of sp³-hybridized carbons (Fsp3) is 0.222. The maximum absolute atomic E-state index is 13.9. The number of carbonyl (C=O) groups is 2. The summed E-state index contributed by atoms with van der Waals surface area (Å²) in [7, 11) is 0. The number of nitrogens with zero attached hydrogens (tertiary/aromatic N) is 1. The molecule has 1 aliphatic rings. The van der Waals surface area contributed by atoms with Crippen LogP contribution in [0.5, 0.6) is 0 Å². The van der Waals surface area contributed by atoms with Gasteiger partial charge in [-0.25, -0.2) is 4.39 Å². The van der Waals surface area contributed by atoms with E-state index in [1.54, 1.807) is 35.2 Å². The van der Waals surface area contributed by atoms with Crippen LogP contribution in [0.15, 0.2) is 42.5 Å². The highest BCUT2D eigenvalue weighted by atomic mass is 19.1. The summed E-state index contributed by atoms with van der Waals surface area (Å²) in [6, 6.07) is 11.7. The Morgan fingerprint density at radius 3 is 2.57 bits per heavy atom. The summed E-state index contributed by atoms with van der Waals surface area (Å²) in [5.41, 5.74) is 2.74. The Labute approximate surface area is 133 Å². The van der Waals surface area contributed by atoms with Gasteiger partial charge in [0, 0.05) is 36.8 Å². The summed E-state index contributed by atoms with van der Waals surface area (Å²) >= 11 is 0. The Hall–Kier alpha value is -2.69. The molecular weight excluding hydrogens is 295 g/mol. The van der Waals surface area contributed by atoms with Gasteiger partial charge in [-0.05, 0) is 42.3 Å². The van der Waals surface area contributed by atoms with Gasteiger partial charge in [0.25, 0.3) is 5.91 Å². The summed E-state index contributed by atoms with van der Waals surface area (Å²) in [6.07, 6.45) is 0.656. The van der Waals surface area contributed by atoms with Gasteiger partial charge in [-0.2, -0.15) is 0 Å². The molecule has 1 aliphatic heterocycles. The number of fused-ring (bicyclic) bond motifs is 1. The molecule has 0 unspecified atom stereocenters. The lowest BCUT2D eigenvalue weighted by molar-refractivity contribution is -0.114. The van der Waals surface area contributed by atoms with Crippen LogP contribution in [0.1, 0.15) is 28.4 Å². The van der Waals surface area contributed by atoms with Crippen LogP contribution in [-0.2, 0) is 17.8 Å². The number of benzene rings is 2. The SMILES string of the molecule is CC(=O)Nc1ccc(C(=O)N2CCc3cccc(F)c3C2)cc1. The lowest BCUT2D eigenvalue weighted by atomic mass is 9.98. The molecule has 0 radical (unpaired) electrons. The van der Waals surface area contributed by atoms with Crippen molar-refractivity contribution >= 4 is 17.5 Å². The molecule has 0 bridgehead atoms. The van der Waals surface area contributed by atoms with Crippen LogP contribution in [0.25, 0.3) is 0 Å². The summed E-state index contributed by atoms with van der Waals surface area (Å²) in [5, 5.41) is 2.66. The molecule has 0 saturated carbocycles. The van der Waals surface area contributed by atoms with Crippen molar-refractivity contribution < 1.29 is 14.0 Å². The third kappa shape index (κ3) is 3.23. The topological polar surface area (TPSA) is 49.4 Å². The molecule has 0 saturated heterocycles. The van der Waals surface area contributed by atoms with Crippen LogP contribution in [0, 0.1) is 5.82 Å². The average molecular weight is 312 g/mol. The average Bonchev–Trinajstić information content (AvgIpc) is 2.54. The van der Waals surface area contributed by atoms with Crippen molar-refractivity contribution in [3.8, 4) is 0 Å². The smallest absolute Gasteiger partial charge is 0.254 e. The molecule has 23 heavy (non-hydrogen) atoms. The van der Waals surface area contributed by atoms with Gasteiger partial charge in [-0.15, -0.1) is 0 Å². The van der Waals surface area contributed by atoms with E-state index < -0.39 is 0 Å². The second kappa shape index (κ2) is 6.20. The molecule has 2 aromatic carbocycles. The number of hydrogen-bond acceptors (Lipinski definition) is 2. The second-order valence-corrected chi connectivity index (χ2v) is 5.61. The predicted octanol–water partition coefficient (Wildman–Crippen LogP) is 2.98. The molecule has 118 valence electrons. The first-order valence-electron chi connectivity index (χ1n) is 7.48. The van der Waals surface area contributed by atoms with Crippen LogP contribution < -0.4 is 5.32 Å². The van der Waals surface area contributed by atoms with Crippen LogP contribution in [0.4, 0.5) is 10.1 Å². The van der Waals surface area contributed by atoms with Crippen LogP contribution in [0.3, 0.4) is 0 Å². The van der Waals surface area contributed by atoms with E-state index in [0.29, 0.717) is 29.8 Å². The molecule has 0 aromatic heterocycles. The molecule has 3 rings (SSSR count). The van der Waals surface area contributed by atoms with Crippen LogP contribution >= 0.6 is 0 Å². The Morgan fingerprint density at radius 1 is 1.13 bits per heavy atom. The van der Waals surface area contributed by atoms with Gasteiger partial charge in [-0.1, -0.05) is 12.1 Å². The van der Waals surface area contributed by atoms with Crippen molar-refractivity contribution in [3.63, 3.8) is 0 Å². The van der Waals surface area contributed by atoms with Gasteiger partial charge >= 0.3 is 0 Å². The normalized spacial score (nSPS) is 13.4. The summed E-state index contributed by atoms with van der Waals surface area (Å²) < 4.78 is 13.9. The monoisotopic (exact) mass is 312 g/mol. The Bertz CT molecular complexity index is 756. The van der Waals surface area contributed by atoms with E-state index in [1.165, 1.54) is 13.0 Å². The predicted molar refractivity (Wildman–Crippen MR) is 85.6 cm³/mol. The van der Waals surface area contributed by atoms with Crippen molar-refractivity contribution in [3.05, 3.63) is 65.0 Å². The minimum atomic E-state index is -0.263. The lowest BCUT2D eigenvalue weighted by Crippen LogP contribution is -2.36. The van der Waals surface area contributed by atoms with E-state index in [9.17, 15) is 14.0 Å². The molecule has 4 nitrogen and oxygen atoms in total. The van der Waals surface area contributed by atoms with Gasteiger partial charge < -0.3 is 10.2 Å². The number of nitrogens with one attached hydrogen (secondary N) is 1. The summed E-state index contributed by atoms with van der Waals surface area (Å²) in [5.74, 6) is -0.554. The maximum atomic E-state index is 13.9. The highest BCUT2D eigenvalue weighted by molar-refractivity contribution is 5.95. The van der Waals surface area contributed by atoms with E-state index in [2.05, 4.69) is 5.32 Å². The molecule has 1 N–H and O–H groups in total. The van der Waals surface area contributed by atoms with Gasteiger partial charge in [0.2, 0.25) is 5.91 Å². The minimum absolute atomic E-state index is 0.131. The second-order valence-electron chi connectivity index (χ2n) is 5.61. The number of halogens is 1. The third-order valence-electron chi connectivity index (χ3n) is 3.96. The molecule has 0 fully saturated rings. The van der Waals surface area contributed by atoms with Crippen molar-refractivity contribution in [2.24, 2.45) is 0 Å². The molecular formula is C18H17FN2O2. The highest BCUT2D eigenvalue weighted by Crippen LogP contribution is 2.23. The third-order valence-corrected chi connectivity index (χ3v) is 3.96. The first-order valence-corrected chi connectivity index (χ1v) is 7.48. The van der Waals surface area contributed by atoms with Crippen molar-refractivity contribution in [2.45, 2.75) is 19.9 Å². The molecule has 5 heteroatoms. The maximum Gasteiger partial charge on any atom is 0.254 e. The highest BCUT2D eigenvalue weighted by Gasteiger charge is 2.23. The number of rotatable bonds is 2. The van der Waals surface area contributed by atoms with Gasteiger partial charge in [0.1, 0.15) is 5.82 Å². The standard InChI is InChI=1S/C18H17FN2O2/c1-12(22)20-15-7-5-14(6-8-15)18(23)21-10-9-13-3-2-4-17(19)16(13)11-21/h2-8H,9-11H2,1H3,(H,20,22). The number of amides is 2. The quantitative estimate of drug-likeness (QED) is 0.927. The van der Waals surface area contributed by atoms with Gasteiger partial charge in [0.15, 0.2) is 0 Å².